The molecule has 0 radical (unpaired) electrons. The minimum absolute atomic E-state index is 0.0305. The first-order valence-corrected chi connectivity index (χ1v) is 5.26. The molecule has 2 aromatic heterocycles. The Bertz CT molecular complexity index is 494. The van der Waals surface area contributed by atoms with Crippen LogP contribution in [0.15, 0.2) is 30.5 Å². The Balaban J connectivity index is 2.53. The highest BCUT2D eigenvalue weighted by Gasteiger charge is 2.19. The van der Waals surface area contributed by atoms with Crippen molar-refractivity contribution in [2.24, 2.45) is 0 Å². The molecule has 16 heavy (non-hydrogen) atoms. The first-order valence-electron chi connectivity index (χ1n) is 5.26. The maximum absolute atomic E-state index is 5.67. The van der Waals surface area contributed by atoms with Gasteiger partial charge in [-0.3, -0.25) is 0 Å². The van der Waals surface area contributed by atoms with Gasteiger partial charge in [0, 0.05) is 11.6 Å². The fraction of sp³-hybridized carbons (Fsp3) is 0.333. The number of nitrogen functional groups attached to an aromatic ring is 1. The van der Waals surface area contributed by atoms with Crippen LogP contribution in [0, 0.1) is 0 Å². The third-order valence-electron chi connectivity index (χ3n) is 2.38. The van der Waals surface area contributed by atoms with Crippen molar-refractivity contribution in [3.05, 3.63) is 36.2 Å². The van der Waals surface area contributed by atoms with Gasteiger partial charge in [-0.2, -0.15) is 5.10 Å². The van der Waals surface area contributed by atoms with E-state index >= 15 is 0 Å². The minimum Gasteiger partial charge on any atom is -0.384 e. The molecule has 0 amide bonds. The van der Waals surface area contributed by atoms with Gasteiger partial charge < -0.3 is 5.73 Å². The molecule has 84 valence electrons. The van der Waals surface area contributed by atoms with E-state index in [4.69, 9.17) is 5.73 Å². The van der Waals surface area contributed by atoms with E-state index in [2.05, 4.69) is 30.9 Å². The molecule has 0 saturated carbocycles. The summed E-state index contributed by atoms with van der Waals surface area (Å²) in [4.78, 5) is 4.27. The SMILES string of the molecule is CC(C)(C)c1ccnn1-c1cccc(N)n1. The summed E-state index contributed by atoms with van der Waals surface area (Å²) in [6, 6.07) is 7.55. The zero-order chi connectivity index (χ0) is 11.8. The smallest absolute Gasteiger partial charge is 0.156 e. The Morgan fingerprint density at radius 1 is 1.19 bits per heavy atom. The van der Waals surface area contributed by atoms with Crippen molar-refractivity contribution in [1.82, 2.24) is 14.8 Å². The van der Waals surface area contributed by atoms with Gasteiger partial charge >= 0.3 is 0 Å². The van der Waals surface area contributed by atoms with Gasteiger partial charge in [-0.05, 0) is 18.2 Å². The van der Waals surface area contributed by atoms with Crippen molar-refractivity contribution in [2.45, 2.75) is 26.2 Å². The van der Waals surface area contributed by atoms with Gasteiger partial charge in [-0.1, -0.05) is 26.8 Å². The molecule has 0 unspecified atom stereocenters. The van der Waals surface area contributed by atoms with Crippen LogP contribution in [-0.4, -0.2) is 14.8 Å². The van der Waals surface area contributed by atoms with E-state index in [1.54, 1.807) is 12.3 Å². The predicted molar refractivity (Wildman–Crippen MR) is 64.5 cm³/mol. The van der Waals surface area contributed by atoms with Crippen LogP contribution in [0.2, 0.25) is 0 Å². The summed E-state index contributed by atoms with van der Waals surface area (Å²) in [6.45, 7) is 6.44. The molecule has 0 spiro atoms. The molecule has 0 aliphatic carbocycles. The number of aromatic nitrogens is 3. The fourth-order valence-electron chi connectivity index (χ4n) is 1.61. The van der Waals surface area contributed by atoms with E-state index in [1.807, 2.05) is 22.9 Å². The average molecular weight is 216 g/mol. The summed E-state index contributed by atoms with van der Waals surface area (Å²) >= 11 is 0. The first-order chi connectivity index (χ1) is 7.48. The highest BCUT2D eigenvalue weighted by atomic mass is 15.3. The van der Waals surface area contributed by atoms with E-state index in [-0.39, 0.29) is 5.41 Å². The topological polar surface area (TPSA) is 56.7 Å². The van der Waals surface area contributed by atoms with Crippen molar-refractivity contribution in [2.75, 3.05) is 5.73 Å². The van der Waals surface area contributed by atoms with Crippen LogP contribution < -0.4 is 5.73 Å². The molecule has 0 atom stereocenters. The lowest BCUT2D eigenvalue weighted by Gasteiger charge is -2.19. The monoisotopic (exact) mass is 216 g/mol. The number of nitrogens with zero attached hydrogens (tertiary/aromatic N) is 3. The molecule has 0 aliphatic rings. The highest BCUT2D eigenvalue weighted by molar-refractivity contribution is 5.36. The van der Waals surface area contributed by atoms with Gasteiger partial charge in [-0.25, -0.2) is 9.67 Å². The number of pyridine rings is 1. The summed E-state index contributed by atoms with van der Waals surface area (Å²) in [5, 5.41) is 4.29. The Labute approximate surface area is 95.1 Å². The third-order valence-corrected chi connectivity index (χ3v) is 2.38. The van der Waals surface area contributed by atoms with Crippen LogP contribution in [0.3, 0.4) is 0 Å². The molecular weight excluding hydrogens is 200 g/mol. The molecule has 2 rings (SSSR count). The van der Waals surface area contributed by atoms with Crippen molar-refractivity contribution in [1.29, 1.82) is 0 Å². The largest absolute Gasteiger partial charge is 0.384 e. The molecule has 0 aromatic carbocycles. The molecule has 0 aliphatic heterocycles. The summed E-state index contributed by atoms with van der Waals surface area (Å²) in [7, 11) is 0. The van der Waals surface area contributed by atoms with Gasteiger partial charge in [-0.15, -0.1) is 0 Å². The summed E-state index contributed by atoms with van der Waals surface area (Å²) in [6.07, 6.45) is 1.78. The second-order valence-electron chi connectivity index (χ2n) is 4.80. The highest BCUT2D eigenvalue weighted by Crippen LogP contribution is 2.23. The molecule has 2 N–H and O–H groups in total. The van der Waals surface area contributed by atoms with Crippen molar-refractivity contribution < 1.29 is 0 Å². The summed E-state index contributed by atoms with van der Waals surface area (Å²) in [5.41, 5.74) is 6.82. The zero-order valence-corrected chi connectivity index (χ0v) is 9.81. The second-order valence-corrected chi connectivity index (χ2v) is 4.80. The van der Waals surface area contributed by atoms with E-state index in [0.29, 0.717) is 5.82 Å². The molecule has 0 fully saturated rings. The summed E-state index contributed by atoms with van der Waals surface area (Å²) < 4.78 is 1.83. The predicted octanol–water partition coefficient (Wildman–Crippen LogP) is 2.15. The number of hydrogen-bond acceptors (Lipinski definition) is 3. The molecule has 4 heteroatoms. The van der Waals surface area contributed by atoms with Crippen molar-refractivity contribution >= 4 is 5.82 Å². The van der Waals surface area contributed by atoms with Gasteiger partial charge in [0.2, 0.25) is 0 Å². The molecule has 0 bridgehead atoms. The lowest BCUT2D eigenvalue weighted by molar-refractivity contribution is 0.541. The van der Waals surface area contributed by atoms with Gasteiger partial charge in [0.1, 0.15) is 5.82 Å². The second kappa shape index (κ2) is 3.63. The quantitative estimate of drug-likeness (QED) is 0.794. The Morgan fingerprint density at radius 3 is 2.56 bits per heavy atom. The van der Waals surface area contributed by atoms with Crippen molar-refractivity contribution in [3.63, 3.8) is 0 Å². The molecule has 2 aromatic rings. The van der Waals surface area contributed by atoms with E-state index in [1.165, 1.54) is 0 Å². The van der Waals surface area contributed by atoms with Crippen LogP contribution in [0.1, 0.15) is 26.5 Å². The lowest BCUT2D eigenvalue weighted by atomic mass is 9.92. The maximum atomic E-state index is 5.67. The molecule has 2 heterocycles. The standard InChI is InChI=1S/C12H16N4/c1-12(2,3)9-7-8-14-16(9)11-6-4-5-10(13)15-11/h4-8H,1-3H3,(H2,13,15). The Hall–Kier alpha value is -1.84. The minimum atomic E-state index is 0.0305. The third kappa shape index (κ3) is 1.91. The van der Waals surface area contributed by atoms with Gasteiger partial charge in [0.15, 0.2) is 5.82 Å². The average Bonchev–Trinajstić information content (AvgIpc) is 2.65. The van der Waals surface area contributed by atoms with Crippen LogP contribution in [-0.2, 0) is 5.41 Å². The van der Waals surface area contributed by atoms with E-state index < -0.39 is 0 Å². The number of anilines is 1. The number of hydrogen-bond donors (Lipinski definition) is 1. The summed E-state index contributed by atoms with van der Waals surface area (Å²) in [5.74, 6) is 1.27. The Morgan fingerprint density at radius 2 is 1.94 bits per heavy atom. The van der Waals surface area contributed by atoms with Crippen LogP contribution >= 0.6 is 0 Å². The fourth-order valence-corrected chi connectivity index (χ4v) is 1.61. The van der Waals surface area contributed by atoms with Crippen LogP contribution in [0.25, 0.3) is 5.82 Å². The molecule has 4 nitrogen and oxygen atoms in total. The Kier molecular flexibility index (Phi) is 2.42. The lowest BCUT2D eigenvalue weighted by Crippen LogP contribution is -2.18. The maximum Gasteiger partial charge on any atom is 0.156 e. The van der Waals surface area contributed by atoms with E-state index in [9.17, 15) is 0 Å². The number of rotatable bonds is 1. The van der Waals surface area contributed by atoms with Crippen LogP contribution in [0.5, 0.6) is 0 Å². The molecular formula is C12H16N4. The van der Waals surface area contributed by atoms with Gasteiger partial charge in [0.05, 0.1) is 5.69 Å². The number of nitrogens with two attached hydrogens (primary N) is 1. The van der Waals surface area contributed by atoms with Gasteiger partial charge in [0.25, 0.3) is 0 Å². The first kappa shape index (κ1) is 10.7. The molecule has 0 saturated heterocycles. The normalized spacial score (nSPS) is 11.7. The zero-order valence-electron chi connectivity index (χ0n) is 9.81. The van der Waals surface area contributed by atoms with E-state index in [0.717, 1.165) is 11.5 Å². The van der Waals surface area contributed by atoms with Crippen LogP contribution in [0.4, 0.5) is 5.82 Å². The van der Waals surface area contributed by atoms with Crippen molar-refractivity contribution in [3.8, 4) is 5.82 Å².